The molecule has 0 radical (unpaired) electrons. The lowest BCUT2D eigenvalue weighted by molar-refractivity contribution is 0.395. The molecule has 0 aromatic rings. The van der Waals surface area contributed by atoms with Gasteiger partial charge in [0.05, 0.1) is 5.76 Å². The SMILES string of the molecule is C[SiH](C)OC1=CCCCC1. The van der Waals surface area contributed by atoms with Gasteiger partial charge in [0, 0.05) is 6.42 Å². The summed E-state index contributed by atoms with van der Waals surface area (Å²) in [6.07, 6.45) is 7.36. The van der Waals surface area contributed by atoms with Crippen LogP contribution < -0.4 is 0 Å². The summed E-state index contributed by atoms with van der Waals surface area (Å²) in [5, 5.41) is 0. The third-order valence-electron chi connectivity index (χ3n) is 1.64. The van der Waals surface area contributed by atoms with Crippen molar-refractivity contribution in [3.63, 3.8) is 0 Å². The lowest BCUT2D eigenvalue weighted by Gasteiger charge is -2.16. The lowest BCUT2D eigenvalue weighted by atomic mass is 10.1. The summed E-state index contributed by atoms with van der Waals surface area (Å²) in [7, 11) is -0.812. The largest absolute Gasteiger partial charge is 0.550 e. The molecular weight excluding hydrogens is 140 g/mol. The van der Waals surface area contributed by atoms with Crippen molar-refractivity contribution in [3.8, 4) is 0 Å². The van der Waals surface area contributed by atoms with Crippen molar-refractivity contribution < 1.29 is 4.43 Å². The van der Waals surface area contributed by atoms with Crippen molar-refractivity contribution >= 4 is 9.04 Å². The number of hydrogen-bond donors (Lipinski definition) is 0. The first-order chi connectivity index (χ1) is 4.79. The first-order valence-corrected chi connectivity index (χ1v) is 6.93. The highest BCUT2D eigenvalue weighted by Gasteiger charge is 2.05. The zero-order valence-corrected chi connectivity index (χ0v) is 8.05. The molecule has 0 unspecified atom stereocenters. The predicted octanol–water partition coefficient (Wildman–Crippen LogP) is 2.44. The van der Waals surface area contributed by atoms with Gasteiger partial charge in [0.2, 0.25) is 9.04 Å². The van der Waals surface area contributed by atoms with E-state index in [1.165, 1.54) is 31.4 Å². The molecule has 0 aromatic carbocycles. The maximum absolute atomic E-state index is 5.69. The van der Waals surface area contributed by atoms with Crippen LogP contribution in [0.25, 0.3) is 0 Å². The van der Waals surface area contributed by atoms with Gasteiger partial charge < -0.3 is 4.43 Å². The highest BCUT2D eigenvalue weighted by atomic mass is 28.3. The summed E-state index contributed by atoms with van der Waals surface area (Å²) in [6.45, 7) is 4.44. The monoisotopic (exact) mass is 156 g/mol. The van der Waals surface area contributed by atoms with Crippen LogP contribution in [0.2, 0.25) is 13.1 Å². The fraction of sp³-hybridized carbons (Fsp3) is 0.750. The first-order valence-electron chi connectivity index (χ1n) is 4.15. The predicted molar refractivity (Wildman–Crippen MR) is 46.5 cm³/mol. The normalized spacial score (nSPS) is 18.9. The van der Waals surface area contributed by atoms with Crippen LogP contribution in [-0.4, -0.2) is 9.04 Å². The minimum absolute atomic E-state index is 0.812. The minimum Gasteiger partial charge on any atom is -0.550 e. The Bertz CT molecular complexity index is 129. The molecule has 0 bridgehead atoms. The number of hydrogen-bond acceptors (Lipinski definition) is 1. The maximum Gasteiger partial charge on any atom is 0.229 e. The summed E-state index contributed by atoms with van der Waals surface area (Å²) in [4.78, 5) is 0. The Morgan fingerprint density at radius 2 is 2.20 bits per heavy atom. The Labute approximate surface area is 64.8 Å². The van der Waals surface area contributed by atoms with Gasteiger partial charge >= 0.3 is 0 Å². The summed E-state index contributed by atoms with van der Waals surface area (Å²) >= 11 is 0. The van der Waals surface area contributed by atoms with E-state index in [0.717, 1.165) is 0 Å². The molecule has 1 nitrogen and oxygen atoms in total. The van der Waals surface area contributed by atoms with E-state index in [9.17, 15) is 0 Å². The summed E-state index contributed by atoms with van der Waals surface area (Å²) in [6, 6.07) is 0. The fourth-order valence-electron chi connectivity index (χ4n) is 1.22. The molecule has 0 saturated carbocycles. The lowest BCUT2D eigenvalue weighted by Crippen LogP contribution is -2.08. The Hall–Kier alpha value is -0.243. The Kier molecular flexibility index (Phi) is 3.00. The Balaban J connectivity index is 2.31. The third kappa shape index (κ3) is 2.56. The molecule has 0 aromatic heterocycles. The van der Waals surface area contributed by atoms with Crippen LogP contribution in [0.4, 0.5) is 0 Å². The molecule has 0 fully saturated rings. The van der Waals surface area contributed by atoms with Crippen molar-refractivity contribution in [1.82, 2.24) is 0 Å². The molecule has 0 heterocycles. The van der Waals surface area contributed by atoms with E-state index in [0.29, 0.717) is 0 Å². The van der Waals surface area contributed by atoms with E-state index < -0.39 is 9.04 Å². The molecule has 0 saturated heterocycles. The molecule has 1 rings (SSSR count). The second-order valence-corrected chi connectivity index (χ2v) is 5.42. The fourth-order valence-corrected chi connectivity index (χ4v) is 2.04. The van der Waals surface area contributed by atoms with Gasteiger partial charge in [-0.15, -0.1) is 0 Å². The van der Waals surface area contributed by atoms with Crippen molar-refractivity contribution in [2.24, 2.45) is 0 Å². The van der Waals surface area contributed by atoms with Crippen LogP contribution in [-0.2, 0) is 4.43 Å². The number of rotatable bonds is 2. The molecule has 0 amide bonds. The smallest absolute Gasteiger partial charge is 0.229 e. The molecule has 58 valence electrons. The van der Waals surface area contributed by atoms with Crippen LogP contribution in [0, 0.1) is 0 Å². The van der Waals surface area contributed by atoms with E-state index in [1.54, 1.807) is 0 Å². The van der Waals surface area contributed by atoms with Gasteiger partial charge in [0.25, 0.3) is 0 Å². The molecule has 0 aliphatic heterocycles. The maximum atomic E-state index is 5.69. The van der Waals surface area contributed by atoms with Gasteiger partial charge in [-0.2, -0.15) is 0 Å². The standard InChI is InChI=1S/C8H16OSi/c1-10(2)9-8-6-4-3-5-7-8/h6,10H,3-5,7H2,1-2H3. The zero-order chi connectivity index (χ0) is 7.40. The van der Waals surface area contributed by atoms with Gasteiger partial charge in [0.1, 0.15) is 0 Å². The van der Waals surface area contributed by atoms with E-state index in [-0.39, 0.29) is 0 Å². The van der Waals surface area contributed by atoms with Crippen LogP contribution in [0.3, 0.4) is 0 Å². The molecular formula is C8H16OSi. The van der Waals surface area contributed by atoms with E-state index in [4.69, 9.17) is 4.43 Å². The Morgan fingerprint density at radius 3 is 2.70 bits per heavy atom. The average molecular weight is 156 g/mol. The molecule has 1 aliphatic carbocycles. The minimum atomic E-state index is -0.812. The van der Waals surface area contributed by atoms with E-state index in [2.05, 4.69) is 19.2 Å². The van der Waals surface area contributed by atoms with Gasteiger partial charge in [-0.3, -0.25) is 0 Å². The van der Waals surface area contributed by atoms with Crippen molar-refractivity contribution in [2.45, 2.75) is 38.8 Å². The van der Waals surface area contributed by atoms with Crippen molar-refractivity contribution in [2.75, 3.05) is 0 Å². The highest BCUT2D eigenvalue weighted by molar-refractivity contribution is 6.48. The quantitative estimate of drug-likeness (QED) is 0.558. The van der Waals surface area contributed by atoms with Crippen LogP contribution >= 0.6 is 0 Å². The van der Waals surface area contributed by atoms with Gasteiger partial charge in [-0.05, 0) is 38.4 Å². The third-order valence-corrected chi connectivity index (χ3v) is 2.41. The molecule has 0 atom stereocenters. The second kappa shape index (κ2) is 3.81. The molecule has 2 heteroatoms. The van der Waals surface area contributed by atoms with Crippen LogP contribution in [0.5, 0.6) is 0 Å². The average Bonchev–Trinajstić information content (AvgIpc) is 1.88. The van der Waals surface area contributed by atoms with Gasteiger partial charge in [0.15, 0.2) is 0 Å². The van der Waals surface area contributed by atoms with Crippen molar-refractivity contribution in [3.05, 3.63) is 11.8 Å². The molecule has 0 N–H and O–H groups in total. The summed E-state index contributed by atoms with van der Waals surface area (Å²) in [5.74, 6) is 1.27. The molecule has 10 heavy (non-hydrogen) atoms. The Morgan fingerprint density at radius 1 is 1.40 bits per heavy atom. The van der Waals surface area contributed by atoms with E-state index >= 15 is 0 Å². The van der Waals surface area contributed by atoms with Crippen LogP contribution in [0.1, 0.15) is 25.7 Å². The molecule has 1 aliphatic rings. The van der Waals surface area contributed by atoms with E-state index in [1.807, 2.05) is 0 Å². The van der Waals surface area contributed by atoms with Crippen LogP contribution in [0.15, 0.2) is 11.8 Å². The van der Waals surface area contributed by atoms with Gasteiger partial charge in [-0.1, -0.05) is 0 Å². The first kappa shape index (κ1) is 7.86. The van der Waals surface area contributed by atoms with Crippen molar-refractivity contribution in [1.29, 1.82) is 0 Å². The number of allylic oxidation sites excluding steroid dienone is 2. The summed E-state index contributed by atoms with van der Waals surface area (Å²) in [5.41, 5.74) is 0. The zero-order valence-electron chi connectivity index (χ0n) is 6.89. The second-order valence-electron chi connectivity index (χ2n) is 3.08. The molecule has 0 spiro atoms. The summed E-state index contributed by atoms with van der Waals surface area (Å²) < 4.78 is 5.69. The topological polar surface area (TPSA) is 9.23 Å². The highest BCUT2D eigenvalue weighted by Crippen LogP contribution is 2.18. The van der Waals surface area contributed by atoms with Gasteiger partial charge in [-0.25, -0.2) is 0 Å².